The third-order valence-corrected chi connectivity index (χ3v) is 21.3. The Labute approximate surface area is 515 Å². The number of unbranched alkanes of at least 4 members (excludes halogenated alkanes) is 2. The number of carbonyl (C=O) groups excluding carboxylic acids is 3. The Hall–Kier alpha value is -6.55. The quantitative estimate of drug-likeness (QED) is 0.00891. The van der Waals surface area contributed by atoms with Crippen molar-refractivity contribution in [2.24, 2.45) is 0 Å². The number of amides is 2. The molecule has 2 aliphatic rings. The van der Waals surface area contributed by atoms with Crippen LogP contribution in [0.25, 0.3) is 0 Å². The first-order valence-corrected chi connectivity index (χ1v) is 35.7. The fourth-order valence-corrected chi connectivity index (χ4v) is 15.8. The molecule has 0 fully saturated rings. The second kappa shape index (κ2) is 29.8. The van der Waals surface area contributed by atoms with Crippen molar-refractivity contribution in [3.63, 3.8) is 0 Å². The van der Waals surface area contributed by atoms with Gasteiger partial charge in [0.15, 0.2) is 5.71 Å². The molecule has 0 radical (unpaired) electrons. The molecule has 22 nitrogen and oxygen atoms in total. The van der Waals surface area contributed by atoms with Crippen LogP contribution < -0.4 is 31.4 Å². The summed E-state index contributed by atoms with van der Waals surface area (Å²) >= 11 is 0. The summed E-state index contributed by atoms with van der Waals surface area (Å²) in [6, 6.07) is 32.4. The Morgan fingerprint density at radius 2 is 1.24 bits per heavy atom. The molecular weight excluding hydrogens is 1240 g/mol. The molecule has 0 bridgehead atoms. The Bertz CT molecular complexity index is 3880. The molecule has 2 heterocycles. The van der Waals surface area contributed by atoms with Crippen molar-refractivity contribution in [3.05, 3.63) is 161 Å². The van der Waals surface area contributed by atoms with Crippen LogP contribution in [0.1, 0.15) is 97.1 Å². The number of carbonyl (C=O) groups is 3. The van der Waals surface area contributed by atoms with Crippen LogP contribution in [-0.2, 0) is 70.3 Å². The molecule has 88 heavy (non-hydrogen) atoms. The van der Waals surface area contributed by atoms with Gasteiger partial charge in [-0.05, 0) is 131 Å². The molecule has 0 saturated carbocycles. The van der Waals surface area contributed by atoms with Gasteiger partial charge in [0.1, 0.15) is 6.54 Å². The van der Waals surface area contributed by atoms with Crippen LogP contribution in [-0.4, -0.2) is 152 Å². The monoisotopic (exact) mass is 1310 g/mol. The first-order valence-electron chi connectivity index (χ1n) is 28.3. The fourth-order valence-electron chi connectivity index (χ4n) is 11.3. The topological polar surface area (TPSA) is 327 Å². The molecule has 474 valence electrons. The fraction of sp³-hybridized carbons (Fsp3) is 0.377. The maximum atomic E-state index is 13.6. The average molecular weight is 1310 g/mol. The standard InChI is InChI=1S/C61H73N4O18PS4/c1-60(30-15-39-85(69,70)71)50-42-47(87(75,76)77)25-28-52(50)64(55(60)21-14-22-56-61(2,31-16-40-86(72,73)74)51-43-48(88(78,79)80)26-29-53(51)65(56)35-36-83-38-37-81-3)34-13-7-12-23-57(66)62-32-33-63-58(67)44-24-27-49(59(68)82-4)54(41-44)84(45-17-8-5-9-18-45)46-19-10-6-11-20-46/h5-6,8-11,14,17-22,24-29,41-43H,7,12-13,15-16,23,30-40H2,1-4H3,(H5-,62,63,66,67,69,70,71,72,73,74,75,76,77,78,79,80)/p+1. The second-order valence-electron chi connectivity index (χ2n) is 21.6. The second-order valence-corrected chi connectivity index (χ2v) is 29.8. The Balaban J connectivity index is 1.12. The van der Waals surface area contributed by atoms with Crippen LogP contribution in [0.2, 0.25) is 0 Å². The van der Waals surface area contributed by atoms with E-state index in [1.807, 2.05) is 70.1 Å². The van der Waals surface area contributed by atoms with Gasteiger partial charge in [0.2, 0.25) is 11.6 Å². The van der Waals surface area contributed by atoms with Gasteiger partial charge in [0.05, 0.1) is 59.2 Å². The summed E-state index contributed by atoms with van der Waals surface area (Å²) in [4.78, 5) is 41.0. The summed E-state index contributed by atoms with van der Waals surface area (Å²) in [5.41, 5.74) is 1.32. The highest BCUT2D eigenvalue weighted by molar-refractivity contribution is 7.86. The molecule has 2 aliphatic heterocycles. The van der Waals surface area contributed by atoms with Gasteiger partial charge in [-0.1, -0.05) is 66.7 Å². The van der Waals surface area contributed by atoms with E-state index in [-0.39, 0.29) is 70.9 Å². The normalized spacial score (nSPS) is 17.4. The summed E-state index contributed by atoms with van der Waals surface area (Å²) in [6.45, 7) is 4.95. The van der Waals surface area contributed by atoms with Crippen LogP contribution in [0.4, 0.5) is 11.4 Å². The van der Waals surface area contributed by atoms with Gasteiger partial charge in [-0.2, -0.15) is 38.2 Å². The van der Waals surface area contributed by atoms with Crippen molar-refractivity contribution in [2.75, 3.05) is 76.6 Å². The highest BCUT2D eigenvalue weighted by atomic mass is 32.2. The van der Waals surface area contributed by atoms with E-state index in [2.05, 4.69) is 10.6 Å². The summed E-state index contributed by atoms with van der Waals surface area (Å²) in [5.74, 6) is -2.46. The van der Waals surface area contributed by atoms with E-state index in [1.54, 1.807) is 50.3 Å². The number of hydrogen-bond acceptors (Lipinski definition) is 15. The summed E-state index contributed by atoms with van der Waals surface area (Å²) in [5, 5.41) is 8.28. The van der Waals surface area contributed by atoms with Gasteiger partial charge >= 0.3 is 5.97 Å². The van der Waals surface area contributed by atoms with Crippen molar-refractivity contribution >= 4 is 99.2 Å². The van der Waals surface area contributed by atoms with Crippen LogP contribution in [0.3, 0.4) is 0 Å². The Morgan fingerprint density at radius 1 is 0.648 bits per heavy atom. The third kappa shape index (κ3) is 17.6. The zero-order chi connectivity index (χ0) is 64.1. The zero-order valence-corrected chi connectivity index (χ0v) is 53.4. The molecule has 0 spiro atoms. The Morgan fingerprint density at radius 3 is 1.83 bits per heavy atom. The molecule has 6 N–H and O–H groups in total. The van der Waals surface area contributed by atoms with Gasteiger partial charge < -0.3 is 29.7 Å². The van der Waals surface area contributed by atoms with E-state index in [9.17, 15) is 66.3 Å². The van der Waals surface area contributed by atoms with E-state index in [4.69, 9.17) is 14.2 Å². The minimum Gasteiger partial charge on any atom is -0.465 e. The van der Waals surface area contributed by atoms with Gasteiger partial charge in [-0.25, -0.2) is 4.79 Å². The average Bonchev–Trinajstić information content (AvgIpc) is 2.18. The first-order chi connectivity index (χ1) is 41.6. The van der Waals surface area contributed by atoms with Crippen molar-refractivity contribution in [1.29, 1.82) is 0 Å². The van der Waals surface area contributed by atoms with E-state index in [0.717, 1.165) is 10.6 Å². The van der Waals surface area contributed by atoms with E-state index >= 15 is 0 Å². The molecule has 0 aromatic heterocycles. The van der Waals surface area contributed by atoms with Crippen LogP contribution in [0, 0.1) is 0 Å². The van der Waals surface area contributed by atoms with Gasteiger partial charge in [0.25, 0.3) is 46.4 Å². The smallest absolute Gasteiger partial charge is 0.338 e. The number of fused-ring (bicyclic) bond motifs is 2. The molecule has 2 atom stereocenters. The van der Waals surface area contributed by atoms with Crippen LogP contribution in [0.15, 0.2) is 149 Å². The SMILES string of the molecule is COCCOCCN1C(=CC=CC2=[N+](CCCCCC(=O)NCCNC(=O)c3ccc(C(=O)OC)c(P(c4ccccc4)c4ccccc4)c3)c3ccc(S(=O)(=O)O)cc3C2(C)CCCS(=O)(=O)O)C(C)(CCCS(=O)(=O)O)c2cc(S(=O)(=O)O)ccc21. The molecule has 0 aliphatic carbocycles. The number of anilines is 1. The molecular formula is C61H74N4O18PS4+. The van der Waals surface area contributed by atoms with E-state index < -0.39 is 92.4 Å². The largest absolute Gasteiger partial charge is 0.465 e. The maximum Gasteiger partial charge on any atom is 0.338 e. The number of benzene rings is 5. The van der Waals surface area contributed by atoms with Crippen molar-refractivity contribution < 1.29 is 85.1 Å². The third-order valence-electron chi connectivity index (χ3n) is 15.5. The summed E-state index contributed by atoms with van der Waals surface area (Å²) < 4.78 is 157. The summed E-state index contributed by atoms with van der Waals surface area (Å²) in [7, 11) is -16.8. The Kier molecular flexibility index (Phi) is 23.4. The lowest BCUT2D eigenvalue weighted by Gasteiger charge is -2.30. The number of ether oxygens (including phenoxy) is 3. The summed E-state index contributed by atoms with van der Waals surface area (Å²) in [6.07, 6.45) is 6.71. The van der Waals surface area contributed by atoms with Gasteiger partial charge in [-0.3, -0.25) is 27.8 Å². The number of esters is 1. The molecule has 5 aromatic carbocycles. The van der Waals surface area contributed by atoms with Crippen molar-refractivity contribution in [1.82, 2.24) is 10.6 Å². The lowest BCUT2D eigenvalue weighted by Crippen LogP contribution is -2.35. The lowest BCUT2D eigenvalue weighted by atomic mass is 9.75. The number of methoxy groups -OCH3 is 2. The number of rotatable bonds is 32. The molecule has 0 saturated heterocycles. The van der Waals surface area contributed by atoms with Crippen molar-refractivity contribution in [2.45, 2.75) is 85.8 Å². The minimum absolute atomic E-state index is 0.0522. The zero-order valence-electron chi connectivity index (χ0n) is 49.2. The van der Waals surface area contributed by atoms with Gasteiger partial charge in [0, 0.05) is 85.0 Å². The predicted octanol–water partition coefficient (Wildman–Crippen LogP) is 6.40. The lowest BCUT2D eigenvalue weighted by molar-refractivity contribution is -0.438. The number of nitrogens with zero attached hydrogens (tertiary/aromatic N) is 2. The molecule has 2 amide bonds. The first kappa shape index (κ1) is 68.9. The highest BCUT2D eigenvalue weighted by Crippen LogP contribution is 2.52. The van der Waals surface area contributed by atoms with Crippen LogP contribution in [0.5, 0.6) is 0 Å². The number of allylic oxidation sites excluding steroid dienone is 4. The number of hydrogen-bond donors (Lipinski definition) is 6. The molecule has 27 heteroatoms. The highest BCUT2D eigenvalue weighted by Gasteiger charge is 2.49. The van der Waals surface area contributed by atoms with E-state index in [0.29, 0.717) is 82.8 Å². The molecule has 5 aromatic rings. The maximum absolute atomic E-state index is 13.6. The predicted molar refractivity (Wildman–Crippen MR) is 336 cm³/mol. The number of nitrogens with one attached hydrogen (secondary N) is 2. The van der Waals surface area contributed by atoms with Crippen molar-refractivity contribution in [3.8, 4) is 0 Å². The molecule has 2 unspecified atom stereocenters. The van der Waals surface area contributed by atoms with Crippen LogP contribution >= 0.6 is 7.92 Å². The molecule has 7 rings (SSSR count). The van der Waals surface area contributed by atoms with E-state index in [1.165, 1.54) is 50.6 Å². The minimum atomic E-state index is -4.75. The van der Waals surface area contributed by atoms with Gasteiger partial charge in [-0.15, -0.1) is 0 Å².